The third-order valence-electron chi connectivity index (χ3n) is 14.3. The van der Waals surface area contributed by atoms with Crippen molar-refractivity contribution < 1.29 is 4.74 Å². The van der Waals surface area contributed by atoms with Gasteiger partial charge in [-0.05, 0) is 87.6 Å². The van der Waals surface area contributed by atoms with Gasteiger partial charge >= 0.3 is 0 Å². The normalized spacial score (nSPS) is 16.0. The van der Waals surface area contributed by atoms with Crippen LogP contribution in [0.5, 0.6) is 5.75 Å². The summed E-state index contributed by atoms with van der Waals surface area (Å²) in [5.41, 5.74) is 12.3. The third kappa shape index (κ3) is 5.55. The number of benzene rings is 9. The van der Waals surface area contributed by atoms with E-state index < -0.39 is 0 Å². The van der Waals surface area contributed by atoms with Crippen molar-refractivity contribution in [3.05, 3.63) is 211 Å². The van der Waals surface area contributed by atoms with Gasteiger partial charge in [0.25, 0.3) is 0 Å². The van der Waals surface area contributed by atoms with Gasteiger partial charge < -0.3 is 9.30 Å². The van der Waals surface area contributed by atoms with E-state index in [0.29, 0.717) is 17.5 Å². The molecule has 12 aromatic rings. The number of rotatable bonds is 5. The first-order valence-corrected chi connectivity index (χ1v) is 23.5. The number of fused-ring (bicyclic) bond motifs is 12. The Morgan fingerprint density at radius 3 is 2.05 bits per heavy atom. The second-order valence-corrected chi connectivity index (χ2v) is 19.4. The van der Waals surface area contributed by atoms with E-state index in [1.807, 2.05) is 6.07 Å². The van der Waals surface area contributed by atoms with Gasteiger partial charge in [-0.1, -0.05) is 153 Å². The first kappa shape index (κ1) is 37.4. The minimum atomic E-state index is -0.1000. The second kappa shape index (κ2) is 14.0. The Morgan fingerprint density at radius 1 is 0.470 bits per heavy atom. The largest absolute Gasteiger partial charge is 0.484 e. The summed E-state index contributed by atoms with van der Waals surface area (Å²) >= 11 is 1.81. The topological polar surface area (TPSA) is 52.8 Å². The Hall–Kier alpha value is -7.93. The van der Waals surface area contributed by atoms with Crippen molar-refractivity contribution in [2.75, 3.05) is 0 Å². The van der Waals surface area contributed by atoms with Crippen molar-refractivity contribution in [1.29, 1.82) is 0 Å². The molecule has 0 saturated heterocycles. The molecule has 0 saturated carbocycles. The summed E-state index contributed by atoms with van der Waals surface area (Å²) in [4.78, 5) is 15.9. The highest BCUT2D eigenvalue weighted by Gasteiger charge is 2.53. The summed E-state index contributed by atoms with van der Waals surface area (Å²) in [5.74, 6) is 2.89. The summed E-state index contributed by atoms with van der Waals surface area (Å²) in [6.07, 6.45) is -0.0681. The van der Waals surface area contributed by atoms with E-state index in [0.717, 1.165) is 39.3 Å². The molecule has 14 rings (SSSR count). The first-order chi connectivity index (χ1) is 32.4. The molecule has 0 bridgehead atoms. The lowest BCUT2D eigenvalue weighted by Gasteiger charge is -2.27. The van der Waals surface area contributed by atoms with Crippen LogP contribution in [0.25, 0.3) is 104 Å². The Bertz CT molecular complexity index is 3980. The molecular weight excluding hydrogens is 825 g/mol. The van der Waals surface area contributed by atoms with Gasteiger partial charge in [0.05, 0.1) is 16.6 Å². The molecule has 6 heteroatoms. The Morgan fingerprint density at radius 2 is 1.17 bits per heavy atom. The molecule has 3 aromatic heterocycles. The zero-order valence-electron chi connectivity index (χ0n) is 36.2. The summed E-state index contributed by atoms with van der Waals surface area (Å²) in [6, 6.07) is 69.8. The van der Waals surface area contributed by atoms with E-state index in [2.05, 4.69) is 206 Å². The maximum Gasteiger partial charge on any atom is 0.167 e. The monoisotopic (exact) mass is 864 g/mol. The molecule has 312 valence electrons. The molecule has 0 spiro atoms. The fourth-order valence-electron chi connectivity index (χ4n) is 11.2. The van der Waals surface area contributed by atoms with Gasteiger partial charge in [-0.15, -0.1) is 11.3 Å². The van der Waals surface area contributed by atoms with Gasteiger partial charge in [0, 0.05) is 64.7 Å². The summed E-state index contributed by atoms with van der Waals surface area (Å²) in [6.45, 7) is 4.69. The lowest BCUT2D eigenvalue weighted by molar-refractivity contribution is 0.199. The van der Waals surface area contributed by atoms with Gasteiger partial charge in [-0.3, -0.25) is 0 Å². The number of nitrogens with zero attached hydrogens (tertiary/aromatic N) is 4. The SMILES string of the molecule is CC1(C)c2ccccc2C2Oc3c(-c4nc(-c5cccc(-c6ccccc6)c5)nc(-c5ccc6c(c5)sc5ccc(-n7c8ccccc8c8cc9ccccc9cc87)cc56)n4)cccc3C21. The lowest BCUT2D eigenvalue weighted by atomic mass is 9.75. The van der Waals surface area contributed by atoms with Crippen molar-refractivity contribution in [2.24, 2.45) is 0 Å². The molecule has 4 heterocycles. The highest BCUT2D eigenvalue weighted by Crippen LogP contribution is 2.62. The fraction of sp³-hybridized carbons (Fsp3) is 0.0833. The zero-order valence-corrected chi connectivity index (χ0v) is 37.1. The Labute approximate surface area is 385 Å². The number of para-hydroxylation sites is 2. The number of hydrogen-bond donors (Lipinski definition) is 0. The van der Waals surface area contributed by atoms with Crippen molar-refractivity contribution in [2.45, 2.75) is 31.3 Å². The average molecular weight is 865 g/mol. The molecule has 2 aliphatic rings. The van der Waals surface area contributed by atoms with Gasteiger partial charge in [-0.25, -0.2) is 15.0 Å². The maximum atomic E-state index is 7.04. The van der Waals surface area contributed by atoms with Crippen LogP contribution in [0.4, 0.5) is 0 Å². The minimum Gasteiger partial charge on any atom is -0.484 e. The van der Waals surface area contributed by atoms with Crippen molar-refractivity contribution in [3.8, 4) is 56.7 Å². The molecule has 9 aromatic carbocycles. The van der Waals surface area contributed by atoms with E-state index in [9.17, 15) is 0 Å². The minimum absolute atomic E-state index is 0.0681. The molecular formula is C60H40N4OS. The Balaban J connectivity index is 0.916. The highest BCUT2D eigenvalue weighted by molar-refractivity contribution is 7.25. The summed E-state index contributed by atoms with van der Waals surface area (Å²) < 4.78 is 11.9. The van der Waals surface area contributed by atoms with E-state index in [-0.39, 0.29) is 17.4 Å². The van der Waals surface area contributed by atoms with Crippen molar-refractivity contribution in [1.82, 2.24) is 19.5 Å². The molecule has 2 unspecified atom stereocenters. The predicted octanol–water partition coefficient (Wildman–Crippen LogP) is 15.7. The molecule has 5 nitrogen and oxygen atoms in total. The average Bonchev–Trinajstić information content (AvgIpc) is 4.10. The molecule has 0 radical (unpaired) electrons. The Kier molecular flexibility index (Phi) is 7.96. The maximum absolute atomic E-state index is 7.04. The van der Waals surface area contributed by atoms with Gasteiger partial charge in [-0.2, -0.15) is 0 Å². The molecule has 2 atom stereocenters. The quantitative estimate of drug-likeness (QED) is 0.173. The fourth-order valence-corrected chi connectivity index (χ4v) is 12.3. The third-order valence-corrected chi connectivity index (χ3v) is 15.4. The van der Waals surface area contributed by atoms with Gasteiger partial charge in [0.15, 0.2) is 17.5 Å². The molecule has 0 fully saturated rings. The van der Waals surface area contributed by atoms with Crippen LogP contribution in [-0.4, -0.2) is 19.5 Å². The number of hydrogen-bond acceptors (Lipinski definition) is 5. The zero-order chi connectivity index (χ0) is 43.7. The number of ether oxygens (including phenoxy) is 1. The van der Waals surface area contributed by atoms with Gasteiger partial charge in [0.2, 0.25) is 0 Å². The standard InChI is InChI=1S/C60H40N4OS/c1-60(2)49-24-10-8-21-44(49)56-54(60)45-22-13-23-46(55(45)65-56)59-62-57(39-19-12-18-36(30-39)35-14-4-3-5-15-35)61-58(63-59)40-26-28-43-48-34-41(27-29-52(48)66-53(43)33-40)64-50-25-11-9-20-42(50)47-31-37-16-6-7-17-38(37)32-51(47)64/h3-34,54,56H,1-2H3. The van der Waals surface area contributed by atoms with E-state index in [1.54, 1.807) is 11.3 Å². The number of thiophene rings is 1. The van der Waals surface area contributed by atoms with Crippen LogP contribution in [-0.2, 0) is 5.41 Å². The van der Waals surface area contributed by atoms with Crippen molar-refractivity contribution >= 4 is 64.1 Å². The van der Waals surface area contributed by atoms with E-state index >= 15 is 0 Å². The van der Waals surface area contributed by atoms with Crippen LogP contribution in [0.2, 0.25) is 0 Å². The molecule has 66 heavy (non-hydrogen) atoms. The van der Waals surface area contributed by atoms with Crippen molar-refractivity contribution in [3.63, 3.8) is 0 Å². The van der Waals surface area contributed by atoms with Crippen LogP contribution < -0.4 is 4.74 Å². The lowest BCUT2D eigenvalue weighted by Crippen LogP contribution is -2.22. The molecule has 1 aliphatic heterocycles. The number of aromatic nitrogens is 4. The van der Waals surface area contributed by atoms with Crippen LogP contribution in [0, 0.1) is 0 Å². The first-order valence-electron chi connectivity index (χ1n) is 22.6. The summed E-state index contributed by atoms with van der Waals surface area (Å²) in [7, 11) is 0. The molecule has 1 aliphatic carbocycles. The smallest absolute Gasteiger partial charge is 0.167 e. The van der Waals surface area contributed by atoms with E-state index in [1.165, 1.54) is 69.4 Å². The summed E-state index contributed by atoms with van der Waals surface area (Å²) in [5, 5.41) is 7.44. The van der Waals surface area contributed by atoms with Crippen LogP contribution in [0.15, 0.2) is 194 Å². The second-order valence-electron chi connectivity index (χ2n) is 18.4. The van der Waals surface area contributed by atoms with Gasteiger partial charge in [0.1, 0.15) is 11.9 Å². The van der Waals surface area contributed by atoms with Crippen LogP contribution >= 0.6 is 11.3 Å². The van der Waals surface area contributed by atoms with Crippen LogP contribution in [0.1, 0.15) is 42.6 Å². The van der Waals surface area contributed by atoms with E-state index in [4.69, 9.17) is 19.7 Å². The highest BCUT2D eigenvalue weighted by atomic mass is 32.1. The molecule has 0 N–H and O–H groups in total. The van der Waals surface area contributed by atoms with Crippen LogP contribution in [0.3, 0.4) is 0 Å². The predicted molar refractivity (Wildman–Crippen MR) is 272 cm³/mol. The molecule has 0 amide bonds.